The van der Waals surface area contributed by atoms with Gasteiger partial charge in [-0.05, 0) is 55.0 Å². The molecule has 38 heavy (non-hydrogen) atoms. The maximum absolute atomic E-state index is 13.2. The molecule has 2 saturated heterocycles. The van der Waals surface area contributed by atoms with Gasteiger partial charge in [0.25, 0.3) is 5.91 Å². The number of morpholine rings is 1. The molecule has 0 spiro atoms. The van der Waals surface area contributed by atoms with E-state index in [4.69, 9.17) is 31.8 Å². The summed E-state index contributed by atoms with van der Waals surface area (Å²) in [6.07, 6.45) is 2.61. The summed E-state index contributed by atoms with van der Waals surface area (Å²) in [5.41, 5.74) is 7.17. The van der Waals surface area contributed by atoms with Gasteiger partial charge in [-0.3, -0.25) is 19.4 Å². The quantitative estimate of drug-likeness (QED) is 0.236. The van der Waals surface area contributed by atoms with Gasteiger partial charge in [0.15, 0.2) is 4.32 Å². The minimum absolute atomic E-state index is 0.215. The minimum Gasteiger partial charge on any atom is -0.494 e. The molecule has 3 heterocycles. The number of benzene rings is 2. The molecule has 2 aliphatic rings. The molecule has 2 fully saturated rings. The van der Waals surface area contributed by atoms with Crippen molar-refractivity contribution in [1.29, 1.82) is 0 Å². The molecular formula is C28H27N3O5S2. The number of amides is 2. The number of anilines is 1. The second-order valence-corrected chi connectivity index (χ2v) is 10.5. The number of rotatable bonds is 9. The number of nitrogens with zero attached hydrogens (tertiary/aromatic N) is 2. The second-order valence-electron chi connectivity index (χ2n) is 8.81. The minimum atomic E-state index is -0.509. The van der Waals surface area contributed by atoms with Crippen LogP contribution >= 0.6 is 24.0 Å². The average molecular weight is 550 g/mol. The molecular weight excluding hydrogens is 522 g/mol. The smallest absolute Gasteiger partial charge is 0.270 e. The van der Waals surface area contributed by atoms with Crippen molar-refractivity contribution in [2.45, 2.75) is 6.42 Å². The van der Waals surface area contributed by atoms with Crippen molar-refractivity contribution in [1.82, 2.24) is 4.90 Å². The average Bonchev–Trinajstić information content (AvgIpc) is 3.51. The van der Waals surface area contributed by atoms with Gasteiger partial charge in [0, 0.05) is 36.8 Å². The van der Waals surface area contributed by atoms with Gasteiger partial charge < -0.3 is 19.6 Å². The number of nitrogens with two attached hydrogens (primary N) is 1. The third kappa shape index (κ3) is 6.16. The number of primary amides is 1. The van der Waals surface area contributed by atoms with Crippen molar-refractivity contribution in [2.24, 2.45) is 5.73 Å². The Morgan fingerprint density at radius 1 is 1.11 bits per heavy atom. The monoisotopic (exact) mass is 549 g/mol. The zero-order valence-corrected chi connectivity index (χ0v) is 22.3. The lowest BCUT2D eigenvalue weighted by Gasteiger charge is -2.26. The van der Waals surface area contributed by atoms with E-state index < -0.39 is 5.91 Å². The fourth-order valence-electron chi connectivity index (χ4n) is 4.23. The van der Waals surface area contributed by atoms with E-state index in [0.29, 0.717) is 38.6 Å². The topological polar surface area (TPSA) is 98.2 Å². The second kappa shape index (κ2) is 12.0. The largest absolute Gasteiger partial charge is 0.494 e. The Bertz CT molecular complexity index is 1360. The molecule has 1 aromatic heterocycles. The Kier molecular flexibility index (Phi) is 8.23. The Balaban J connectivity index is 1.20. The van der Waals surface area contributed by atoms with E-state index in [9.17, 15) is 9.59 Å². The molecule has 0 saturated carbocycles. The number of furan rings is 1. The third-order valence-electron chi connectivity index (χ3n) is 6.21. The van der Waals surface area contributed by atoms with E-state index in [-0.39, 0.29) is 5.91 Å². The highest BCUT2D eigenvalue weighted by Crippen LogP contribution is 2.37. The number of carbonyl (C=O) groups excluding carboxylic acids is 2. The van der Waals surface area contributed by atoms with Crippen LogP contribution in [0.15, 0.2) is 70.0 Å². The van der Waals surface area contributed by atoms with Crippen molar-refractivity contribution in [3.8, 4) is 17.1 Å². The van der Waals surface area contributed by atoms with E-state index >= 15 is 0 Å². The van der Waals surface area contributed by atoms with Crippen LogP contribution in [0.2, 0.25) is 0 Å². The number of carbonyl (C=O) groups is 2. The third-order valence-corrected chi connectivity index (χ3v) is 7.51. The SMILES string of the molecule is NC(=O)c1cccc(-c2ccc(/C=C3\SC(=S)N(c4ccc(OCCCN5CCOCC5)cc4)C3=O)o2)c1. The van der Waals surface area contributed by atoms with Crippen molar-refractivity contribution >= 4 is 51.9 Å². The number of thioether (sulfide) groups is 1. The summed E-state index contributed by atoms with van der Waals surface area (Å²) in [6.45, 7) is 5.14. The van der Waals surface area contributed by atoms with Crippen LogP contribution in [0.1, 0.15) is 22.5 Å². The highest BCUT2D eigenvalue weighted by Gasteiger charge is 2.33. The number of ether oxygens (including phenoxy) is 2. The summed E-state index contributed by atoms with van der Waals surface area (Å²) >= 11 is 6.72. The first-order valence-corrected chi connectivity index (χ1v) is 13.5. The zero-order chi connectivity index (χ0) is 26.5. The van der Waals surface area contributed by atoms with E-state index in [0.717, 1.165) is 50.6 Å². The predicted molar refractivity (Wildman–Crippen MR) is 152 cm³/mol. The molecule has 2 amide bonds. The van der Waals surface area contributed by atoms with Crippen LogP contribution in [-0.4, -0.2) is 60.5 Å². The van der Waals surface area contributed by atoms with Crippen LogP contribution in [0.3, 0.4) is 0 Å². The number of hydrogen-bond acceptors (Lipinski definition) is 8. The fraction of sp³-hybridized carbons (Fsp3) is 0.250. The van der Waals surface area contributed by atoms with Gasteiger partial charge in [-0.25, -0.2) is 0 Å². The lowest BCUT2D eigenvalue weighted by molar-refractivity contribution is -0.113. The summed E-state index contributed by atoms with van der Waals surface area (Å²) < 4.78 is 17.6. The van der Waals surface area contributed by atoms with Crippen molar-refractivity contribution < 1.29 is 23.5 Å². The lowest BCUT2D eigenvalue weighted by atomic mass is 10.1. The molecule has 5 rings (SSSR count). The lowest BCUT2D eigenvalue weighted by Crippen LogP contribution is -2.37. The van der Waals surface area contributed by atoms with Gasteiger partial charge in [0.1, 0.15) is 17.3 Å². The summed E-state index contributed by atoms with van der Waals surface area (Å²) in [7, 11) is 0. The first kappa shape index (κ1) is 26.2. The molecule has 3 aromatic rings. The molecule has 0 bridgehead atoms. The maximum Gasteiger partial charge on any atom is 0.270 e. The Hall–Kier alpha value is -3.44. The zero-order valence-electron chi connectivity index (χ0n) is 20.6. The molecule has 2 N–H and O–H groups in total. The van der Waals surface area contributed by atoms with Crippen molar-refractivity contribution in [3.05, 3.63) is 76.9 Å². The summed E-state index contributed by atoms with van der Waals surface area (Å²) in [6, 6.07) is 17.8. The van der Waals surface area contributed by atoms with Gasteiger partial charge in [0.05, 0.1) is 30.4 Å². The first-order chi connectivity index (χ1) is 18.5. The molecule has 2 aliphatic heterocycles. The fourth-order valence-corrected chi connectivity index (χ4v) is 5.50. The van der Waals surface area contributed by atoms with Crippen molar-refractivity contribution in [2.75, 3.05) is 44.4 Å². The van der Waals surface area contributed by atoms with Gasteiger partial charge in [-0.15, -0.1) is 0 Å². The van der Waals surface area contributed by atoms with E-state index in [1.165, 1.54) is 16.7 Å². The van der Waals surface area contributed by atoms with E-state index in [2.05, 4.69) is 4.90 Å². The Morgan fingerprint density at radius 3 is 2.66 bits per heavy atom. The predicted octanol–water partition coefficient (Wildman–Crippen LogP) is 4.55. The highest BCUT2D eigenvalue weighted by molar-refractivity contribution is 8.27. The molecule has 8 nitrogen and oxygen atoms in total. The maximum atomic E-state index is 13.2. The Morgan fingerprint density at radius 2 is 1.89 bits per heavy atom. The van der Waals surface area contributed by atoms with E-state index in [1.807, 2.05) is 30.3 Å². The molecule has 10 heteroatoms. The van der Waals surface area contributed by atoms with Crippen LogP contribution in [0.5, 0.6) is 5.75 Å². The van der Waals surface area contributed by atoms with Crippen molar-refractivity contribution in [3.63, 3.8) is 0 Å². The molecule has 0 radical (unpaired) electrons. The standard InChI is InChI=1S/C28H27N3O5S2/c29-26(32)20-4-1-3-19(17-20)24-10-9-23(36-24)18-25-27(33)31(28(37)38-25)21-5-7-22(8-6-21)35-14-2-11-30-12-15-34-16-13-30/h1,3-10,17-18H,2,11-16H2,(H2,29,32)/b25-18-. The van der Waals surface area contributed by atoms with E-state index in [1.54, 1.807) is 36.4 Å². The van der Waals surface area contributed by atoms with Crippen LogP contribution in [0.25, 0.3) is 17.4 Å². The van der Waals surface area contributed by atoms with Gasteiger partial charge in [0.2, 0.25) is 5.91 Å². The Labute approximate surface area is 230 Å². The molecule has 2 aromatic carbocycles. The summed E-state index contributed by atoms with van der Waals surface area (Å²) in [4.78, 5) is 29.0. The van der Waals surface area contributed by atoms with Crippen LogP contribution < -0.4 is 15.4 Å². The normalized spacial score (nSPS) is 17.4. The summed E-state index contributed by atoms with van der Waals surface area (Å²) in [5.74, 6) is 1.10. The van der Waals surface area contributed by atoms with Crippen LogP contribution in [0.4, 0.5) is 5.69 Å². The molecule has 0 aliphatic carbocycles. The van der Waals surface area contributed by atoms with Gasteiger partial charge in [-0.2, -0.15) is 0 Å². The highest BCUT2D eigenvalue weighted by atomic mass is 32.2. The summed E-state index contributed by atoms with van der Waals surface area (Å²) in [5, 5.41) is 0. The van der Waals surface area contributed by atoms with Crippen LogP contribution in [-0.2, 0) is 9.53 Å². The van der Waals surface area contributed by atoms with Crippen LogP contribution in [0, 0.1) is 0 Å². The number of thiocarbonyl (C=S) groups is 1. The van der Waals surface area contributed by atoms with Gasteiger partial charge in [-0.1, -0.05) is 36.1 Å². The molecule has 196 valence electrons. The number of hydrogen-bond donors (Lipinski definition) is 1. The molecule has 0 unspecified atom stereocenters. The van der Waals surface area contributed by atoms with Gasteiger partial charge >= 0.3 is 0 Å². The molecule has 0 atom stereocenters. The first-order valence-electron chi connectivity index (χ1n) is 12.3.